The normalized spacial score (nSPS) is 10.3. The van der Waals surface area contributed by atoms with E-state index in [0.717, 1.165) is 5.56 Å². The Labute approximate surface area is 133 Å². The molecule has 0 aliphatic rings. The van der Waals surface area contributed by atoms with E-state index >= 15 is 0 Å². The summed E-state index contributed by atoms with van der Waals surface area (Å²) in [5.74, 6) is -1.40. The van der Waals surface area contributed by atoms with Crippen LogP contribution in [0.2, 0.25) is 0 Å². The van der Waals surface area contributed by atoms with Crippen LogP contribution in [0.1, 0.15) is 15.9 Å². The van der Waals surface area contributed by atoms with Gasteiger partial charge in [0.2, 0.25) is 5.75 Å². The van der Waals surface area contributed by atoms with E-state index in [2.05, 4.69) is 0 Å². The van der Waals surface area contributed by atoms with Crippen molar-refractivity contribution in [2.45, 2.75) is 6.61 Å². The molecule has 0 fully saturated rings. The molecule has 6 heteroatoms. The monoisotopic (exact) mass is 318 g/mol. The Bertz CT molecular complexity index is 681. The van der Waals surface area contributed by atoms with Crippen LogP contribution in [0.15, 0.2) is 36.4 Å². The zero-order valence-electron chi connectivity index (χ0n) is 12.9. The molecule has 2 aromatic rings. The van der Waals surface area contributed by atoms with Gasteiger partial charge >= 0.3 is 0 Å². The molecule has 0 spiro atoms. The standard InChI is InChI=1S/C17H18O6/c1-21-14-8-12(18)17(22-2)16(20)15(14)13(19)10-23-9-11-6-4-3-5-7-11/h3-8,18,20H,9-10H2,1-2H3. The van der Waals surface area contributed by atoms with Crippen molar-refractivity contribution < 1.29 is 29.2 Å². The van der Waals surface area contributed by atoms with Crippen LogP contribution in [0, 0.1) is 0 Å². The zero-order valence-corrected chi connectivity index (χ0v) is 12.9. The molecule has 2 rings (SSSR count). The molecule has 0 saturated heterocycles. The number of carbonyl (C=O) groups is 1. The van der Waals surface area contributed by atoms with Crippen molar-refractivity contribution >= 4 is 5.78 Å². The van der Waals surface area contributed by atoms with Gasteiger partial charge in [0.15, 0.2) is 17.3 Å². The van der Waals surface area contributed by atoms with Crippen molar-refractivity contribution in [3.05, 3.63) is 47.5 Å². The topological polar surface area (TPSA) is 85.2 Å². The van der Waals surface area contributed by atoms with Crippen LogP contribution < -0.4 is 9.47 Å². The lowest BCUT2D eigenvalue weighted by molar-refractivity contribution is 0.0720. The van der Waals surface area contributed by atoms with Gasteiger partial charge in [0.1, 0.15) is 17.9 Å². The SMILES string of the molecule is COc1cc(O)c(OC)c(O)c1C(=O)COCc1ccccc1. The number of methoxy groups -OCH3 is 2. The van der Waals surface area contributed by atoms with E-state index in [-0.39, 0.29) is 36.0 Å². The van der Waals surface area contributed by atoms with Crippen molar-refractivity contribution in [1.29, 1.82) is 0 Å². The minimum absolute atomic E-state index is 0.0501. The summed E-state index contributed by atoms with van der Waals surface area (Å²) in [6.45, 7) is 0.0254. The van der Waals surface area contributed by atoms with E-state index < -0.39 is 11.5 Å². The quantitative estimate of drug-likeness (QED) is 0.763. The molecule has 0 aliphatic heterocycles. The van der Waals surface area contributed by atoms with Crippen LogP contribution in [-0.4, -0.2) is 36.8 Å². The van der Waals surface area contributed by atoms with Crippen LogP contribution >= 0.6 is 0 Å². The van der Waals surface area contributed by atoms with Gasteiger partial charge in [-0.25, -0.2) is 0 Å². The first-order valence-corrected chi connectivity index (χ1v) is 6.90. The molecule has 0 radical (unpaired) electrons. The molecule has 23 heavy (non-hydrogen) atoms. The third-order valence-corrected chi connectivity index (χ3v) is 3.25. The third kappa shape index (κ3) is 3.73. The van der Waals surface area contributed by atoms with Crippen LogP contribution in [0.3, 0.4) is 0 Å². The number of rotatable bonds is 7. The molecule has 0 aliphatic carbocycles. The molecule has 122 valence electrons. The van der Waals surface area contributed by atoms with Gasteiger partial charge < -0.3 is 24.4 Å². The maximum atomic E-state index is 12.3. The molecule has 0 saturated carbocycles. The molecule has 2 aromatic carbocycles. The van der Waals surface area contributed by atoms with Gasteiger partial charge in [-0.1, -0.05) is 30.3 Å². The van der Waals surface area contributed by atoms with Crippen molar-refractivity contribution in [3.8, 4) is 23.0 Å². The van der Waals surface area contributed by atoms with Gasteiger partial charge in [-0.05, 0) is 5.56 Å². The van der Waals surface area contributed by atoms with E-state index in [9.17, 15) is 15.0 Å². The minimum Gasteiger partial charge on any atom is -0.504 e. The Morgan fingerprint density at radius 2 is 1.78 bits per heavy atom. The van der Waals surface area contributed by atoms with Crippen LogP contribution in [-0.2, 0) is 11.3 Å². The van der Waals surface area contributed by atoms with E-state index in [1.807, 2.05) is 30.3 Å². The number of hydrogen-bond acceptors (Lipinski definition) is 6. The van der Waals surface area contributed by atoms with E-state index in [0.29, 0.717) is 0 Å². The molecule has 0 amide bonds. The lowest BCUT2D eigenvalue weighted by atomic mass is 10.1. The van der Waals surface area contributed by atoms with Gasteiger partial charge in [-0.3, -0.25) is 4.79 Å². The molecule has 0 heterocycles. The Hall–Kier alpha value is -2.73. The summed E-state index contributed by atoms with van der Waals surface area (Å²) in [5, 5.41) is 19.9. The number of phenols is 2. The Morgan fingerprint density at radius 1 is 1.09 bits per heavy atom. The number of benzene rings is 2. The number of hydrogen-bond donors (Lipinski definition) is 2. The third-order valence-electron chi connectivity index (χ3n) is 3.25. The van der Waals surface area contributed by atoms with Crippen molar-refractivity contribution in [3.63, 3.8) is 0 Å². The van der Waals surface area contributed by atoms with Gasteiger partial charge in [-0.2, -0.15) is 0 Å². The Kier molecular flexibility index (Phi) is 5.43. The highest BCUT2D eigenvalue weighted by atomic mass is 16.5. The molecule has 0 atom stereocenters. The highest BCUT2D eigenvalue weighted by Crippen LogP contribution is 2.43. The van der Waals surface area contributed by atoms with Gasteiger partial charge in [-0.15, -0.1) is 0 Å². The Morgan fingerprint density at radius 3 is 2.39 bits per heavy atom. The molecule has 0 bridgehead atoms. The van der Waals surface area contributed by atoms with Crippen molar-refractivity contribution in [2.24, 2.45) is 0 Å². The van der Waals surface area contributed by atoms with Gasteiger partial charge in [0.25, 0.3) is 0 Å². The smallest absolute Gasteiger partial charge is 0.203 e. The lowest BCUT2D eigenvalue weighted by Crippen LogP contribution is -2.11. The number of carbonyl (C=O) groups excluding carboxylic acids is 1. The van der Waals surface area contributed by atoms with E-state index in [1.54, 1.807) is 0 Å². The van der Waals surface area contributed by atoms with Crippen LogP contribution in [0.5, 0.6) is 23.0 Å². The lowest BCUT2D eigenvalue weighted by Gasteiger charge is -2.14. The molecule has 0 unspecified atom stereocenters. The summed E-state index contributed by atoms with van der Waals surface area (Å²) in [5.41, 5.74) is 0.843. The first-order valence-electron chi connectivity index (χ1n) is 6.90. The number of phenolic OH excluding ortho intramolecular Hbond substituents is 2. The average molecular weight is 318 g/mol. The summed E-state index contributed by atoms with van der Waals surface area (Å²) in [7, 11) is 2.61. The van der Waals surface area contributed by atoms with Crippen molar-refractivity contribution in [1.82, 2.24) is 0 Å². The maximum absolute atomic E-state index is 12.3. The number of Topliss-reactive ketones (excluding diaryl/α,β-unsaturated/α-hetero) is 1. The second kappa shape index (κ2) is 7.51. The first kappa shape index (κ1) is 16.6. The van der Waals surface area contributed by atoms with E-state index in [1.165, 1.54) is 20.3 Å². The highest BCUT2D eigenvalue weighted by molar-refractivity contribution is 6.03. The molecule has 0 aromatic heterocycles. The largest absolute Gasteiger partial charge is 0.504 e. The first-order chi connectivity index (χ1) is 11.1. The van der Waals surface area contributed by atoms with Gasteiger partial charge in [0, 0.05) is 6.07 Å². The summed E-state index contributed by atoms with van der Waals surface area (Å²) >= 11 is 0. The maximum Gasteiger partial charge on any atom is 0.203 e. The Balaban J connectivity index is 2.15. The fourth-order valence-electron chi connectivity index (χ4n) is 2.15. The fourth-order valence-corrected chi connectivity index (χ4v) is 2.15. The summed E-state index contributed by atoms with van der Waals surface area (Å²) in [6.07, 6.45) is 0. The fraction of sp³-hybridized carbons (Fsp3) is 0.235. The number of ether oxygens (including phenoxy) is 3. The van der Waals surface area contributed by atoms with E-state index in [4.69, 9.17) is 14.2 Å². The summed E-state index contributed by atoms with van der Waals surface area (Å²) in [4.78, 5) is 12.3. The summed E-state index contributed by atoms with van der Waals surface area (Å²) < 4.78 is 15.3. The molecular formula is C17H18O6. The average Bonchev–Trinajstić information content (AvgIpc) is 2.55. The second-order valence-corrected chi connectivity index (χ2v) is 4.76. The predicted molar refractivity (Wildman–Crippen MR) is 83.3 cm³/mol. The van der Waals surface area contributed by atoms with Crippen LogP contribution in [0.25, 0.3) is 0 Å². The predicted octanol–water partition coefficient (Wildman–Crippen LogP) is 2.51. The van der Waals surface area contributed by atoms with Gasteiger partial charge in [0.05, 0.1) is 20.8 Å². The molecule has 2 N–H and O–H groups in total. The second-order valence-electron chi connectivity index (χ2n) is 4.76. The number of ketones is 1. The minimum atomic E-state index is -0.478. The number of aromatic hydroxyl groups is 2. The van der Waals surface area contributed by atoms with Crippen molar-refractivity contribution in [2.75, 3.05) is 20.8 Å². The zero-order chi connectivity index (χ0) is 16.8. The summed E-state index contributed by atoms with van der Waals surface area (Å²) in [6, 6.07) is 10.6. The van der Waals surface area contributed by atoms with Crippen LogP contribution in [0.4, 0.5) is 0 Å². The molecular weight excluding hydrogens is 300 g/mol. The molecule has 6 nitrogen and oxygen atoms in total. The highest BCUT2D eigenvalue weighted by Gasteiger charge is 2.24.